The maximum absolute atomic E-state index is 11.4. The minimum atomic E-state index is -0.693. The van der Waals surface area contributed by atoms with Crippen molar-refractivity contribution in [3.05, 3.63) is 34.9 Å². The first-order valence-corrected chi connectivity index (χ1v) is 6.60. The molecule has 0 radical (unpaired) electrons. The van der Waals surface area contributed by atoms with E-state index in [1.807, 2.05) is 13.8 Å². The summed E-state index contributed by atoms with van der Waals surface area (Å²) in [6.07, 6.45) is 1.35. The SMILES string of the molecule is CCC(C)(CC(C)c1ccc(C)cc1C)C(=O)O. The standard InChI is InChI=1S/C16H24O2/c1-6-16(5,15(17)18)10-13(4)14-8-7-11(2)9-12(14)3/h7-9,13H,6,10H2,1-5H3,(H,17,18). The van der Waals surface area contributed by atoms with E-state index in [1.54, 1.807) is 0 Å². The number of hydrogen-bond donors (Lipinski definition) is 1. The second-order valence-corrected chi connectivity index (χ2v) is 5.68. The lowest BCUT2D eigenvalue weighted by Crippen LogP contribution is -2.28. The molecule has 0 aromatic heterocycles. The normalized spacial score (nSPS) is 16.1. The van der Waals surface area contributed by atoms with Crippen molar-refractivity contribution < 1.29 is 9.90 Å². The Kier molecular flexibility index (Phi) is 4.55. The molecule has 18 heavy (non-hydrogen) atoms. The minimum Gasteiger partial charge on any atom is -0.481 e. The number of carboxylic acid groups (broad SMARTS) is 1. The molecule has 0 amide bonds. The van der Waals surface area contributed by atoms with Gasteiger partial charge in [0.2, 0.25) is 0 Å². The Hall–Kier alpha value is -1.31. The van der Waals surface area contributed by atoms with E-state index in [-0.39, 0.29) is 5.92 Å². The van der Waals surface area contributed by atoms with Gasteiger partial charge < -0.3 is 5.11 Å². The predicted octanol–water partition coefficient (Wildman–Crippen LogP) is 4.30. The minimum absolute atomic E-state index is 0.270. The van der Waals surface area contributed by atoms with Gasteiger partial charge in [0.25, 0.3) is 0 Å². The molecule has 2 atom stereocenters. The van der Waals surface area contributed by atoms with E-state index < -0.39 is 11.4 Å². The lowest BCUT2D eigenvalue weighted by molar-refractivity contribution is -0.148. The average Bonchev–Trinajstić information content (AvgIpc) is 2.28. The summed E-state index contributed by atoms with van der Waals surface area (Å²) in [5.74, 6) is -0.423. The van der Waals surface area contributed by atoms with Crippen LogP contribution in [-0.4, -0.2) is 11.1 Å². The van der Waals surface area contributed by atoms with Gasteiger partial charge in [-0.2, -0.15) is 0 Å². The topological polar surface area (TPSA) is 37.3 Å². The van der Waals surface area contributed by atoms with Crippen molar-refractivity contribution in [1.29, 1.82) is 0 Å². The first kappa shape index (κ1) is 14.7. The zero-order valence-electron chi connectivity index (χ0n) is 12.1. The highest BCUT2D eigenvalue weighted by atomic mass is 16.4. The quantitative estimate of drug-likeness (QED) is 0.843. The van der Waals surface area contributed by atoms with Gasteiger partial charge in [-0.1, -0.05) is 37.6 Å². The Bertz CT molecular complexity index is 437. The first-order valence-electron chi connectivity index (χ1n) is 6.60. The third-order valence-electron chi connectivity index (χ3n) is 4.01. The van der Waals surface area contributed by atoms with Gasteiger partial charge in [0, 0.05) is 0 Å². The second kappa shape index (κ2) is 5.55. The van der Waals surface area contributed by atoms with Crippen molar-refractivity contribution in [1.82, 2.24) is 0 Å². The zero-order chi connectivity index (χ0) is 13.9. The van der Waals surface area contributed by atoms with Crippen molar-refractivity contribution in [2.75, 3.05) is 0 Å². The molecule has 1 rings (SSSR count). The fourth-order valence-corrected chi connectivity index (χ4v) is 2.55. The third kappa shape index (κ3) is 3.12. The number of carbonyl (C=O) groups is 1. The van der Waals surface area contributed by atoms with Crippen molar-refractivity contribution >= 4 is 5.97 Å². The summed E-state index contributed by atoms with van der Waals surface area (Å²) in [5, 5.41) is 9.34. The lowest BCUT2D eigenvalue weighted by Gasteiger charge is -2.27. The van der Waals surface area contributed by atoms with Gasteiger partial charge in [-0.05, 0) is 50.7 Å². The molecule has 2 unspecified atom stereocenters. The summed E-state index contributed by atoms with van der Waals surface area (Å²) in [5.41, 5.74) is 3.14. The number of aryl methyl sites for hydroxylation is 2. The van der Waals surface area contributed by atoms with E-state index >= 15 is 0 Å². The summed E-state index contributed by atoms with van der Waals surface area (Å²) in [6, 6.07) is 6.39. The van der Waals surface area contributed by atoms with Crippen molar-refractivity contribution in [3.8, 4) is 0 Å². The fourth-order valence-electron chi connectivity index (χ4n) is 2.55. The van der Waals surface area contributed by atoms with Gasteiger partial charge in [-0.3, -0.25) is 4.79 Å². The summed E-state index contributed by atoms with van der Waals surface area (Å²) in [6.45, 7) is 10.1. The Morgan fingerprint density at radius 3 is 2.44 bits per heavy atom. The van der Waals surface area contributed by atoms with Crippen LogP contribution in [0.4, 0.5) is 0 Å². The maximum Gasteiger partial charge on any atom is 0.309 e. The monoisotopic (exact) mass is 248 g/mol. The van der Waals surface area contributed by atoms with Gasteiger partial charge in [0.15, 0.2) is 0 Å². The number of rotatable bonds is 5. The first-order chi connectivity index (χ1) is 8.30. The van der Waals surface area contributed by atoms with E-state index in [4.69, 9.17) is 0 Å². The van der Waals surface area contributed by atoms with Crippen LogP contribution in [0.5, 0.6) is 0 Å². The average molecular weight is 248 g/mol. The largest absolute Gasteiger partial charge is 0.481 e. The molecule has 1 aromatic rings. The molecule has 0 aliphatic heterocycles. The lowest BCUT2D eigenvalue weighted by atomic mass is 9.76. The number of aliphatic carboxylic acids is 1. The molecular weight excluding hydrogens is 224 g/mol. The van der Waals surface area contributed by atoms with E-state index in [0.29, 0.717) is 12.8 Å². The van der Waals surface area contributed by atoms with Crippen LogP contribution < -0.4 is 0 Å². The molecule has 0 saturated carbocycles. The van der Waals surface area contributed by atoms with Gasteiger partial charge in [-0.25, -0.2) is 0 Å². The summed E-state index contributed by atoms with van der Waals surface area (Å²) < 4.78 is 0. The molecule has 0 fully saturated rings. The molecule has 100 valence electrons. The molecule has 0 spiro atoms. The van der Waals surface area contributed by atoms with E-state index in [0.717, 1.165) is 0 Å². The Labute approximate surface area is 110 Å². The van der Waals surface area contributed by atoms with Gasteiger partial charge in [0.1, 0.15) is 0 Å². The molecule has 0 heterocycles. The van der Waals surface area contributed by atoms with E-state index in [9.17, 15) is 9.90 Å². The van der Waals surface area contributed by atoms with Crippen molar-refractivity contribution in [3.63, 3.8) is 0 Å². The Morgan fingerprint density at radius 2 is 2.00 bits per heavy atom. The summed E-state index contributed by atoms with van der Waals surface area (Å²) >= 11 is 0. The van der Waals surface area contributed by atoms with Crippen LogP contribution in [0.3, 0.4) is 0 Å². The molecule has 0 saturated heterocycles. The van der Waals surface area contributed by atoms with Crippen LogP contribution in [0.25, 0.3) is 0 Å². The molecule has 2 nitrogen and oxygen atoms in total. The summed E-state index contributed by atoms with van der Waals surface area (Å²) in [4.78, 5) is 11.4. The molecule has 0 aliphatic rings. The van der Waals surface area contributed by atoms with Crippen molar-refractivity contribution in [2.24, 2.45) is 5.41 Å². The van der Waals surface area contributed by atoms with Crippen LogP contribution in [0, 0.1) is 19.3 Å². The molecule has 2 heteroatoms. The van der Waals surface area contributed by atoms with Crippen LogP contribution in [0.15, 0.2) is 18.2 Å². The third-order valence-corrected chi connectivity index (χ3v) is 4.01. The molecular formula is C16H24O2. The van der Waals surface area contributed by atoms with E-state index in [2.05, 4.69) is 39.0 Å². The highest BCUT2D eigenvalue weighted by molar-refractivity contribution is 5.74. The van der Waals surface area contributed by atoms with Crippen LogP contribution in [-0.2, 0) is 4.79 Å². The number of carboxylic acids is 1. The van der Waals surface area contributed by atoms with Crippen LogP contribution in [0.2, 0.25) is 0 Å². The smallest absolute Gasteiger partial charge is 0.309 e. The maximum atomic E-state index is 11.4. The van der Waals surface area contributed by atoms with Crippen LogP contribution in [0.1, 0.15) is 56.2 Å². The number of benzene rings is 1. The van der Waals surface area contributed by atoms with Gasteiger partial charge >= 0.3 is 5.97 Å². The fraction of sp³-hybridized carbons (Fsp3) is 0.562. The summed E-state index contributed by atoms with van der Waals surface area (Å²) in [7, 11) is 0. The molecule has 1 N–H and O–H groups in total. The molecule has 0 bridgehead atoms. The molecule has 0 aliphatic carbocycles. The highest BCUT2D eigenvalue weighted by Gasteiger charge is 2.33. The highest BCUT2D eigenvalue weighted by Crippen LogP contribution is 2.35. The molecule has 1 aromatic carbocycles. The number of hydrogen-bond acceptors (Lipinski definition) is 1. The Morgan fingerprint density at radius 1 is 1.39 bits per heavy atom. The van der Waals surface area contributed by atoms with Crippen molar-refractivity contribution in [2.45, 2.75) is 53.4 Å². The second-order valence-electron chi connectivity index (χ2n) is 5.68. The van der Waals surface area contributed by atoms with Crippen LogP contribution >= 0.6 is 0 Å². The predicted molar refractivity (Wildman–Crippen MR) is 75.0 cm³/mol. The van der Waals surface area contributed by atoms with Gasteiger partial charge in [0.05, 0.1) is 5.41 Å². The Balaban J connectivity index is 2.94. The van der Waals surface area contributed by atoms with Gasteiger partial charge in [-0.15, -0.1) is 0 Å². The van der Waals surface area contributed by atoms with E-state index in [1.165, 1.54) is 16.7 Å². The zero-order valence-corrected chi connectivity index (χ0v) is 12.1.